The highest BCUT2D eigenvalue weighted by molar-refractivity contribution is 14.0. The Hall–Kier alpha value is -0.160. The van der Waals surface area contributed by atoms with E-state index in [1.165, 1.54) is 51.5 Å². The van der Waals surface area contributed by atoms with Gasteiger partial charge >= 0.3 is 0 Å². The molecule has 8 heteroatoms. The summed E-state index contributed by atoms with van der Waals surface area (Å²) in [7, 11) is 0. The Bertz CT molecular complexity index is 476. The minimum atomic E-state index is 0. The van der Waals surface area contributed by atoms with Gasteiger partial charge in [0, 0.05) is 44.8 Å². The summed E-state index contributed by atoms with van der Waals surface area (Å²) in [4.78, 5) is 10.2. The molecule has 0 amide bonds. The molecule has 0 radical (unpaired) electrons. The van der Waals surface area contributed by atoms with Crippen LogP contribution < -0.4 is 10.6 Å². The van der Waals surface area contributed by atoms with E-state index in [0.717, 1.165) is 78.2 Å². The van der Waals surface area contributed by atoms with Crippen LogP contribution in [0, 0.1) is 0 Å². The van der Waals surface area contributed by atoms with Gasteiger partial charge < -0.3 is 20.1 Å². The van der Waals surface area contributed by atoms with Crippen molar-refractivity contribution in [3.8, 4) is 0 Å². The molecule has 0 spiro atoms. The quantitative estimate of drug-likeness (QED) is 0.204. The minimum Gasteiger partial charge on any atom is -0.379 e. The van der Waals surface area contributed by atoms with Crippen LogP contribution in [-0.2, 0) is 9.47 Å². The normalized spacial score (nSPS) is 23.6. The van der Waals surface area contributed by atoms with Crippen molar-refractivity contribution in [2.24, 2.45) is 4.99 Å². The van der Waals surface area contributed by atoms with Gasteiger partial charge in [0.05, 0.1) is 33.0 Å². The molecular formula is C22H44IN5O2. The SMILES string of the molecule is CCNC(=NCC1(N2CCOCC2)CCCCC1)NCCCCN1CCOCC1.I. The third-order valence-corrected chi connectivity index (χ3v) is 6.64. The van der Waals surface area contributed by atoms with E-state index in [0.29, 0.717) is 0 Å². The molecule has 30 heavy (non-hydrogen) atoms. The first kappa shape index (κ1) is 26.1. The molecule has 176 valence electrons. The van der Waals surface area contributed by atoms with Crippen LogP contribution in [0.5, 0.6) is 0 Å². The molecule has 3 rings (SSSR count). The molecule has 0 aromatic rings. The number of morpholine rings is 2. The van der Waals surface area contributed by atoms with Crippen LogP contribution in [0.25, 0.3) is 0 Å². The summed E-state index contributed by atoms with van der Waals surface area (Å²) in [5, 5.41) is 7.02. The summed E-state index contributed by atoms with van der Waals surface area (Å²) in [6.07, 6.45) is 8.99. The van der Waals surface area contributed by atoms with E-state index in [9.17, 15) is 0 Å². The van der Waals surface area contributed by atoms with Crippen molar-refractivity contribution in [2.75, 3.05) is 78.8 Å². The summed E-state index contributed by atoms with van der Waals surface area (Å²) in [5.41, 5.74) is 0.237. The van der Waals surface area contributed by atoms with Crippen LogP contribution in [0.4, 0.5) is 0 Å². The lowest BCUT2D eigenvalue weighted by molar-refractivity contribution is -0.0333. The number of ether oxygens (including phenoxy) is 2. The van der Waals surface area contributed by atoms with Gasteiger partial charge in [-0.3, -0.25) is 14.8 Å². The molecule has 0 aromatic heterocycles. The molecule has 7 nitrogen and oxygen atoms in total. The first-order valence-electron chi connectivity index (χ1n) is 12.0. The Labute approximate surface area is 200 Å². The molecule has 1 aliphatic carbocycles. The Morgan fingerprint density at radius 2 is 1.57 bits per heavy atom. The van der Waals surface area contributed by atoms with Gasteiger partial charge in [0.2, 0.25) is 0 Å². The smallest absolute Gasteiger partial charge is 0.191 e. The predicted molar refractivity (Wildman–Crippen MR) is 134 cm³/mol. The van der Waals surface area contributed by atoms with Crippen LogP contribution in [0.3, 0.4) is 0 Å². The van der Waals surface area contributed by atoms with E-state index in [-0.39, 0.29) is 29.5 Å². The largest absolute Gasteiger partial charge is 0.379 e. The number of unbranched alkanes of at least 4 members (excludes halogenated alkanes) is 1. The van der Waals surface area contributed by atoms with Crippen molar-refractivity contribution in [1.82, 2.24) is 20.4 Å². The van der Waals surface area contributed by atoms with Crippen LogP contribution in [0.2, 0.25) is 0 Å². The van der Waals surface area contributed by atoms with Crippen LogP contribution in [0.1, 0.15) is 51.9 Å². The molecule has 0 unspecified atom stereocenters. The van der Waals surface area contributed by atoms with E-state index in [1.54, 1.807) is 0 Å². The zero-order valence-electron chi connectivity index (χ0n) is 19.0. The molecule has 3 fully saturated rings. The van der Waals surface area contributed by atoms with Crippen molar-refractivity contribution < 1.29 is 9.47 Å². The highest BCUT2D eigenvalue weighted by Gasteiger charge is 2.38. The Kier molecular flexibility index (Phi) is 12.9. The van der Waals surface area contributed by atoms with Gasteiger partial charge in [-0.2, -0.15) is 0 Å². The average Bonchev–Trinajstić information content (AvgIpc) is 2.79. The Morgan fingerprint density at radius 1 is 0.900 bits per heavy atom. The van der Waals surface area contributed by atoms with Gasteiger partial charge in [0.25, 0.3) is 0 Å². The van der Waals surface area contributed by atoms with E-state index in [1.807, 2.05) is 0 Å². The lowest BCUT2D eigenvalue weighted by Gasteiger charge is -2.47. The standard InChI is InChI=1S/C22H43N5O2.HI/c1-2-23-21(24-10-6-7-11-26-12-16-28-17-13-26)25-20-22(8-4-3-5-9-22)27-14-18-29-19-15-27;/h2-20H2,1H3,(H2,23,24,25);1H. The monoisotopic (exact) mass is 537 g/mol. The zero-order chi connectivity index (χ0) is 20.2. The number of halogens is 1. The number of nitrogens with zero attached hydrogens (tertiary/aromatic N) is 3. The van der Waals surface area contributed by atoms with E-state index >= 15 is 0 Å². The van der Waals surface area contributed by atoms with Crippen molar-refractivity contribution >= 4 is 29.9 Å². The van der Waals surface area contributed by atoms with Crippen LogP contribution >= 0.6 is 24.0 Å². The fourth-order valence-electron chi connectivity index (χ4n) is 4.88. The lowest BCUT2D eigenvalue weighted by atomic mass is 9.80. The highest BCUT2D eigenvalue weighted by Crippen LogP contribution is 2.34. The van der Waals surface area contributed by atoms with Gasteiger partial charge in [-0.25, -0.2) is 0 Å². The highest BCUT2D eigenvalue weighted by atomic mass is 127. The molecule has 2 saturated heterocycles. The number of nitrogens with one attached hydrogen (secondary N) is 2. The van der Waals surface area contributed by atoms with E-state index in [4.69, 9.17) is 14.5 Å². The second kappa shape index (κ2) is 14.8. The molecular weight excluding hydrogens is 493 g/mol. The second-order valence-corrected chi connectivity index (χ2v) is 8.67. The number of guanidine groups is 1. The second-order valence-electron chi connectivity index (χ2n) is 8.67. The zero-order valence-corrected chi connectivity index (χ0v) is 21.3. The fraction of sp³-hybridized carbons (Fsp3) is 0.955. The first-order chi connectivity index (χ1) is 14.3. The minimum absolute atomic E-state index is 0. The van der Waals surface area contributed by atoms with Crippen LogP contribution in [-0.4, -0.2) is 100 Å². The number of aliphatic imine (C=N–C) groups is 1. The molecule has 1 saturated carbocycles. The molecule has 2 aliphatic heterocycles. The Balaban J connectivity index is 0.00000320. The maximum atomic E-state index is 5.61. The van der Waals surface area contributed by atoms with Crippen LogP contribution in [0.15, 0.2) is 4.99 Å². The lowest BCUT2D eigenvalue weighted by Crippen LogP contribution is -2.56. The third kappa shape index (κ3) is 8.41. The topological polar surface area (TPSA) is 61.4 Å². The molecule has 2 N–H and O–H groups in total. The van der Waals surface area contributed by atoms with Gasteiger partial charge in [0.1, 0.15) is 0 Å². The summed E-state index contributed by atoms with van der Waals surface area (Å²) >= 11 is 0. The third-order valence-electron chi connectivity index (χ3n) is 6.64. The van der Waals surface area contributed by atoms with Gasteiger partial charge in [-0.05, 0) is 39.2 Å². The van der Waals surface area contributed by atoms with Crippen molar-refractivity contribution in [3.05, 3.63) is 0 Å². The number of hydrogen-bond acceptors (Lipinski definition) is 5. The number of rotatable bonds is 9. The van der Waals surface area contributed by atoms with Crippen molar-refractivity contribution in [3.63, 3.8) is 0 Å². The number of hydrogen-bond donors (Lipinski definition) is 2. The van der Waals surface area contributed by atoms with Gasteiger partial charge in [-0.15, -0.1) is 24.0 Å². The molecule has 0 atom stereocenters. The first-order valence-corrected chi connectivity index (χ1v) is 12.0. The van der Waals surface area contributed by atoms with Crippen molar-refractivity contribution in [1.29, 1.82) is 0 Å². The average molecular weight is 538 g/mol. The van der Waals surface area contributed by atoms with E-state index < -0.39 is 0 Å². The summed E-state index contributed by atoms with van der Waals surface area (Å²) in [5.74, 6) is 0.983. The molecule has 0 aromatic carbocycles. The van der Waals surface area contributed by atoms with E-state index in [2.05, 4.69) is 27.4 Å². The maximum absolute atomic E-state index is 5.61. The maximum Gasteiger partial charge on any atom is 0.191 e. The molecule has 0 bridgehead atoms. The fourth-order valence-corrected chi connectivity index (χ4v) is 4.88. The van der Waals surface area contributed by atoms with Gasteiger partial charge in [0.15, 0.2) is 5.96 Å². The predicted octanol–water partition coefficient (Wildman–Crippen LogP) is 2.31. The summed E-state index contributed by atoms with van der Waals surface area (Å²) in [6.45, 7) is 13.9. The summed E-state index contributed by atoms with van der Waals surface area (Å²) < 4.78 is 11.0. The molecule has 3 aliphatic rings. The molecule has 2 heterocycles. The van der Waals surface area contributed by atoms with Gasteiger partial charge in [-0.1, -0.05) is 19.3 Å². The summed E-state index contributed by atoms with van der Waals surface area (Å²) in [6, 6.07) is 0. The van der Waals surface area contributed by atoms with Crippen molar-refractivity contribution in [2.45, 2.75) is 57.4 Å². The Morgan fingerprint density at radius 3 is 2.23 bits per heavy atom.